The smallest absolute Gasteiger partial charge is 0.406 e. The second kappa shape index (κ2) is 11.4. The second-order valence-electron chi connectivity index (χ2n) is 7.89. The molecule has 0 radical (unpaired) electrons. The van der Waals surface area contributed by atoms with Crippen LogP contribution in [0.3, 0.4) is 0 Å². The Morgan fingerprint density at radius 1 is 0.944 bits per heavy atom. The first-order valence-electron chi connectivity index (χ1n) is 10.9. The van der Waals surface area contributed by atoms with Crippen molar-refractivity contribution in [2.24, 2.45) is 0 Å². The van der Waals surface area contributed by atoms with Gasteiger partial charge in [-0.2, -0.15) is 13.2 Å². The van der Waals surface area contributed by atoms with E-state index in [1.807, 2.05) is 0 Å². The summed E-state index contributed by atoms with van der Waals surface area (Å²) in [5.74, 6) is -0.802. The van der Waals surface area contributed by atoms with Crippen LogP contribution in [-0.4, -0.2) is 24.3 Å². The zero-order valence-electron chi connectivity index (χ0n) is 19.0. The van der Waals surface area contributed by atoms with Crippen molar-refractivity contribution in [2.45, 2.75) is 37.5 Å². The number of halogens is 6. The first-order valence-corrected chi connectivity index (χ1v) is 10.9. The van der Waals surface area contributed by atoms with Gasteiger partial charge in [0.1, 0.15) is 17.5 Å². The van der Waals surface area contributed by atoms with Crippen molar-refractivity contribution in [3.8, 4) is 5.75 Å². The van der Waals surface area contributed by atoms with Gasteiger partial charge in [0.15, 0.2) is 0 Å². The van der Waals surface area contributed by atoms with Crippen LogP contribution in [0.15, 0.2) is 72.9 Å². The molecule has 192 valence electrons. The van der Waals surface area contributed by atoms with Crippen molar-refractivity contribution in [2.75, 3.05) is 7.05 Å². The number of nitrogens with zero attached hydrogens (tertiary/aromatic N) is 1. The molecule has 0 saturated heterocycles. The van der Waals surface area contributed by atoms with Gasteiger partial charge in [0.05, 0.1) is 0 Å². The largest absolute Gasteiger partial charge is 0.573 e. The number of nitrogens with one attached hydrogen (secondary N) is 2. The highest BCUT2D eigenvalue weighted by atomic mass is 19.4. The molecule has 1 heterocycles. The van der Waals surface area contributed by atoms with Gasteiger partial charge in [-0.1, -0.05) is 48.5 Å². The number of pyridine rings is 1. The number of carbonyl (C=O) groups excluding carboxylic acids is 1. The SMILES string of the molecule is CNC(=O)[C@@H](N[C@@H](CCc1ccc(C(F)(F)F)nc1)c1cccc(OC(F)(F)F)c1)c1ccccc1. The number of likely N-dealkylation sites (N-methyl/N-ethyl adjacent to an activating group) is 1. The fourth-order valence-electron chi connectivity index (χ4n) is 3.64. The number of carbonyl (C=O) groups is 1. The Morgan fingerprint density at radius 2 is 1.64 bits per heavy atom. The highest BCUT2D eigenvalue weighted by Gasteiger charge is 2.33. The van der Waals surface area contributed by atoms with Gasteiger partial charge in [-0.25, -0.2) is 0 Å². The van der Waals surface area contributed by atoms with Gasteiger partial charge in [0.25, 0.3) is 0 Å². The molecule has 0 aliphatic carbocycles. The lowest BCUT2D eigenvalue weighted by molar-refractivity contribution is -0.274. The van der Waals surface area contributed by atoms with Gasteiger partial charge >= 0.3 is 12.5 Å². The molecule has 0 saturated carbocycles. The van der Waals surface area contributed by atoms with Crippen molar-refractivity contribution >= 4 is 5.91 Å². The predicted octanol–water partition coefficient (Wildman–Crippen LogP) is 5.75. The third kappa shape index (κ3) is 7.70. The highest BCUT2D eigenvalue weighted by molar-refractivity contribution is 5.83. The van der Waals surface area contributed by atoms with Crippen LogP contribution < -0.4 is 15.4 Å². The zero-order valence-corrected chi connectivity index (χ0v) is 19.0. The van der Waals surface area contributed by atoms with E-state index >= 15 is 0 Å². The maximum atomic E-state index is 12.8. The van der Waals surface area contributed by atoms with Crippen LogP contribution in [-0.2, 0) is 17.4 Å². The van der Waals surface area contributed by atoms with Crippen LogP contribution in [0.1, 0.15) is 40.9 Å². The van der Waals surface area contributed by atoms with E-state index < -0.39 is 36.1 Å². The van der Waals surface area contributed by atoms with Crippen LogP contribution in [0.4, 0.5) is 26.3 Å². The summed E-state index contributed by atoms with van der Waals surface area (Å²) in [5, 5.41) is 5.75. The second-order valence-corrected chi connectivity index (χ2v) is 7.89. The molecule has 0 bridgehead atoms. The molecule has 1 amide bonds. The number of ether oxygens (including phenoxy) is 1. The molecule has 0 fully saturated rings. The summed E-state index contributed by atoms with van der Waals surface area (Å²) in [5.41, 5.74) is 0.498. The summed E-state index contributed by atoms with van der Waals surface area (Å²) < 4.78 is 80.8. The molecule has 3 rings (SSSR count). The summed E-state index contributed by atoms with van der Waals surface area (Å²) in [7, 11) is 1.46. The fourth-order valence-corrected chi connectivity index (χ4v) is 3.64. The Morgan fingerprint density at radius 3 is 2.22 bits per heavy atom. The molecular weight excluding hydrogens is 488 g/mol. The molecule has 5 nitrogen and oxygen atoms in total. The van der Waals surface area contributed by atoms with Gasteiger partial charge in [0.2, 0.25) is 5.91 Å². The third-order valence-electron chi connectivity index (χ3n) is 5.34. The number of amides is 1. The van der Waals surface area contributed by atoms with E-state index in [0.29, 0.717) is 16.7 Å². The average molecular weight is 511 g/mol. The predicted molar refractivity (Wildman–Crippen MR) is 120 cm³/mol. The molecule has 2 N–H and O–H groups in total. The number of hydrogen-bond donors (Lipinski definition) is 2. The van der Waals surface area contributed by atoms with Crippen molar-refractivity contribution in [3.63, 3.8) is 0 Å². The Bertz CT molecular complexity index is 1140. The van der Waals surface area contributed by atoms with Crippen LogP contribution in [0.25, 0.3) is 0 Å². The lowest BCUT2D eigenvalue weighted by atomic mass is 9.96. The Kier molecular flexibility index (Phi) is 8.57. The topological polar surface area (TPSA) is 63.2 Å². The van der Waals surface area contributed by atoms with Gasteiger partial charge in [-0.05, 0) is 47.7 Å². The average Bonchev–Trinajstić information content (AvgIpc) is 2.83. The molecule has 0 spiro atoms. The Balaban J connectivity index is 1.90. The Labute approximate surface area is 203 Å². The van der Waals surface area contributed by atoms with Crippen molar-refractivity contribution < 1.29 is 35.9 Å². The van der Waals surface area contributed by atoms with Gasteiger partial charge in [-0.15, -0.1) is 13.2 Å². The number of benzene rings is 2. The van der Waals surface area contributed by atoms with Gasteiger partial charge in [0, 0.05) is 19.3 Å². The van der Waals surface area contributed by atoms with E-state index in [-0.39, 0.29) is 18.7 Å². The van der Waals surface area contributed by atoms with E-state index in [1.54, 1.807) is 36.4 Å². The number of hydrogen-bond acceptors (Lipinski definition) is 4. The van der Waals surface area contributed by atoms with E-state index in [1.165, 1.54) is 25.2 Å². The highest BCUT2D eigenvalue weighted by Crippen LogP contribution is 2.30. The summed E-state index contributed by atoms with van der Waals surface area (Å²) in [4.78, 5) is 16.1. The van der Waals surface area contributed by atoms with Gasteiger partial charge in [-0.3, -0.25) is 15.1 Å². The minimum absolute atomic E-state index is 0.239. The number of alkyl halides is 6. The van der Waals surface area contributed by atoms with E-state index in [0.717, 1.165) is 18.3 Å². The molecule has 1 aromatic heterocycles. The lowest BCUT2D eigenvalue weighted by Gasteiger charge is -2.26. The van der Waals surface area contributed by atoms with E-state index in [4.69, 9.17) is 0 Å². The van der Waals surface area contributed by atoms with Gasteiger partial charge < -0.3 is 10.1 Å². The standard InChI is InChI=1S/C25H23F6N3O2/c1-32-23(35)22(17-6-3-2-4-7-17)34-20(18-8-5-9-19(14-18)36-25(29,30)31)12-10-16-11-13-21(33-15-16)24(26,27)28/h2-9,11,13-15,20,22,34H,10,12H2,1H3,(H,32,35)/t20-,22-/m0/s1. The molecule has 0 aliphatic rings. The zero-order chi connectivity index (χ0) is 26.3. The molecule has 11 heteroatoms. The van der Waals surface area contributed by atoms with Crippen molar-refractivity contribution in [3.05, 3.63) is 95.3 Å². The molecule has 2 atom stereocenters. The Hall–Kier alpha value is -3.60. The molecular formula is C25H23F6N3O2. The fraction of sp³-hybridized carbons (Fsp3) is 0.280. The first kappa shape index (κ1) is 27.0. The maximum Gasteiger partial charge on any atom is 0.573 e. The van der Waals surface area contributed by atoms with Crippen molar-refractivity contribution in [1.82, 2.24) is 15.6 Å². The summed E-state index contributed by atoms with van der Waals surface area (Å²) >= 11 is 0. The third-order valence-corrected chi connectivity index (χ3v) is 5.34. The summed E-state index contributed by atoms with van der Waals surface area (Å²) in [6.45, 7) is 0. The van der Waals surface area contributed by atoms with Crippen LogP contribution in [0.2, 0.25) is 0 Å². The van der Waals surface area contributed by atoms with E-state index in [2.05, 4.69) is 20.4 Å². The number of rotatable bonds is 9. The van der Waals surface area contributed by atoms with Crippen LogP contribution in [0, 0.1) is 0 Å². The molecule has 3 aromatic rings. The lowest BCUT2D eigenvalue weighted by Crippen LogP contribution is -2.38. The number of aromatic nitrogens is 1. The number of aryl methyl sites for hydroxylation is 1. The minimum atomic E-state index is -4.89. The molecule has 36 heavy (non-hydrogen) atoms. The maximum absolute atomic E-state index is 12.8. The minimum Gasteiger partial charge on any atom is -0.406 e. The molecule has 2 aromatic carbocycles. The monoisotopic (exact) mass is 511 g/mol. The van der Waals surface area contributed by atoms with E-state index in [9.17, 15) is 31.1 Å². The quantitative estimate of drug-likeness (QED) is 0.359. The van der Waals surface area contributed by atoms with Crippen LogP contribution in [0.5, 0.6) is 5.75 Å². The molecule has 0 unspecified atom stereocenters. The van der Waals surface area contributed by atoms with Crippen molar-refractivity contribution in [1.29, 1.82) is 0 Å². The normalized spacial score (nSPS) is 13.6. The summed E-state index contributed by atoms with van der Waals surface area (Å²) in [6, 6.07) is 14.7. The molecule has 0 aliphatic heterocycles. The first-order chi connectivity index (χ1) is 17.0. The summed E-state index contributed by atoms with van der Waals surface area (Å²) in [6.07, 6.45) is -7.87. The van der Waals surface area contributed by atoms with Crippen LogP contribution >= 0.6 is 0 Å².